The smallest absolute Gasteiger partial charge is 0.306 e. The minimum absolute atomic E-state index is 0.0286. The number of benzene rings is 1. The summed E-state index contributed by atoms with van der Waals surface area (Å²) < 4.78 is 17.8. The van der Waals surface area contributed by atoms with Gasteiger partial charge in [-0.15, -0.1) is 0 Å². The third-order valence-corrected chi connectivity index (χ3v) is 6.46. The van der Waals surface area contributed by atoms with Gasteiger partial charge in [0.15, 0.2) is 23.3 Å². The number of amides is 1. The van der Waals surface area contributed by atoms with Crippen molar-refractivity contribution >= 4 is 28.7 Å². The molecule has 0 saturated carbocycles. The molecule has 0 aliphatic carbocycles. The first-order chi connectivity index (χ1) is 16.5. The fourth-order valence-corrected chi connectivity index (χ4v) is 4.67. The number of piperidine rings is 1. The van der Waals surface area contributed by atoms with Crippen LogP contribution in [0.25, 0.3) is 22.3 Å². The Balaban J connectivity index is 1.44. The molecule has 2 fully saturated rings. The van der Waals surface area contributed by atoms with E-state index in [1.165, 1.54) is 6.33 Å². The van der Waals surface area contributed by atoms with E-state index >= 15 is 0 Å². The Morgan fingerprint density at radius 2 is 1.88 bits per heavy atom. The van der Waals surface area contributed by atoms with Crippen LogP contribution in [-0.4, -0.2) is 69.9 Å². The van der Waals surface area contributed by atoms with Crippen molar-refractivity contribution in [2.45, 2.75) is 37.8 Å². The zero-order valence-electron chi connectivity index (χ0n) is 19.1. The van der Waals surface area contributed by atoms with Crippen molar-refractivity contribution in [3.8, 4) is 22.8 Å². The highest BCUT2D eigenvalue weighted by Crippen LogP contribution is 2.37. The Morgan fingerprint density at radius 1 is 1.12 bits per heavy atom. The van der Waals surface area contributed by atoms with Crippen LogP contribution in [0.15, 0.2) is 24.5 Å². The molecule has 1 amide bonds. The van der Waals surface area contributed by atoms with Crippen LogP contribution in [0, 0.1) is 0 Å². The maximum atomic E-state index is 12.7. The van der Waals surface area contributed by atoms with E-state index in [0.717, 1.165) is 5.56 Å². The number of carbonyl (C=O) groups is 2. The highest BCUT2D eigenvalue weighted by Gasteiger charge is 2.35. The number of nitrogens with zero attached hydrogens (tertiary/aromatic N) is 5. The number of methoxy groups -OCH3 is 2. The topological polar surface area (TPSA) is 135 Å². The van der Waals surface area contributed by atoms with E-state index in [-0.39, 0.29) is 17.9 Å². The van der Waals surface area contributed by atoms with Gasteiger partial charge in [0.1, 0.15) is 17.8 Å². The van der Waals surface area contributed by atoms with Crippen LogP contribution in [0.5, 0.6) is 11.5 Å². The Morgan fingerprint density at radius 3 is 2.56 bits per heavy atom. The minimum atomic E-state index is -0.654. The van der Waals surface area contributed by atoms with Crippen LogP contribution in [-0.2, 0) is 14.3 Å². The first kappa shape index (κ1) is 21.9. The van der Waals surface area contributed by atoms with Crippen molar-refractivity contribution < 1.29 is 23.8 Å². The van der Waals surface area contributed by atoms with Crippen LogP contribution in [0.4, 0.5) is 5.82 Å². The lowest BCUT2D eigenvalue weighted by atomic mass is 10.0. The van der Waals surface area contributed by atoms with E-state index in [4.69, 9.17) is 25.0 Å². The molecule has 2 N–H and O–H groups in total. The SMILES string of the molecule is COc1ccc(-c2nn(C3CCN(C(=O)[C@@H]4CCC(=O)O4)CC3)c3ncnc(N)c23)cc1OC. The molecule has 0 unspecified atom stereocenters. The molecule has 2 aliphatic rings. The lowest BCUT2D eigenvalue weighted by molar-refractivity contribution is -0.153. The number of ether oxygens (including phenoxy) is 3. The summed E-state index contributed by atoms with van der Waals surface area (Å²) in [6.07, 6.45) is 2.91. The second-order valence-electron chi connectivity index (χ2n) is 8.39. The summed E-state index contributed by atoms with van der Waals surface area (Å²) >= 11 is 0. The van der Waals surface area contributed by atoms with E-state index in [1.54, 1.807) is 19.1 Å². The molecule has 4 heterocycles. The van der Waals surface area contributed by atoms with Crippen molar-refractivity contribution in [1.29, 1.82) is 0 Å². The summed E-state index contributed by atoms with van der Waals surface area (Å²) in [7, 11) is 3.17. The first-order valence-electron chi connectivity index (χ1n) is 11.2. The lowest BCUT2D eigenvalue weighted by Gasteiger charge is -2.33. The molecule has 2 aromatic heterocycles. The zero-order chi connectivity index (χ0) is 23.8. The maximum Gasteiger partial charge on any atom is 0.306 e. The van der Waals surface area contributed by atoms with E-state index in [2.05, 4.69) is 9.97 Å². The van der Waals surface area contributed by atoms with Crippen LogP contribution in [0.1, 0.15) is 31.7 Å². The van der Waals surface area contributed by atoms with E-state index in [9.17, 15) is 9.59 Å². The van der Waals surface area contributed by atoms with Gasteiger partial charge in [0.2, 0.25) is 0 Å². The zero-order valence-corrected chi connectivity index (χ0v) is 19.1. The van der Waals surface area contributed by atoms with E-state index in [1.807, 2.05) is 22.9 Å². The number of aromatic nitrogens is 4. The predicted molar refractivity (Wildman–Crippen MR) is 122 cm³/mol. The quantitative estimate of drug-likeness (QED) is 0.560. The fraction of sp³-hybridized carbons (Fsp3) is 0.435. The molecule has 0 bridgehead atoms. The standard InChI is InChI=1S/C23H26N6O5/c1-32-15-4-3-13(11-17(15)33-2)20-19-21(24)25-12-26-22(19)29(27-20)14-7-9-28(10-8-14)23(31)16-5-6-18(30)34-16/h3-4,11-12,14,16H,5-10H2,1-2H3,(H2,24,25,26)/t16-/m0/s1. The Hall–Kier alpha value is -3.89. The average Bonchev–Trinajstić information content (AvgIpc) is 3.48. The second kappa shape index (κ2) is 8.81. The number of rotatable bonds is 5. The summed E-state index contributed by atoms with van der Waals surface area (Å²) in [5.74, 6) is 1.11. The van der Waals surface area contributed by atoms with Gasteiger partial charge in [0.25, 0.3) is 5.91 Å². The van der Waals surface area contributed by atoms with Crippen molar-refractivity contribution in [3.63, 3.8) is 0 Å². The third-order valence-electron chi connectivity index (χ3n) is 6.46. The van der Waals surface area contributed by atoms with Gasteiger partial charge in [0, 0.05) is 31.5 Å². The molecule has 2 saturated heterocycles. The molecule has 34 heavy (non-hydrogen) atoms. The highest BCUT2D eigenvalue weighted by molar-refractivity contribution is 5.98. The number of likely N-dealkylation sites (tertiary alicyclic amines) is 1. The van der Waals surface area contributed by atoms with E-state index in [0.29, 0.717) is 72.8 Å². The normalized spacial score (nSPS) is 18.8. The van der Waals surface area contributed by atoms with Crippen LogP contribution < -0.4 is 15.2 Å². The molecule has 1 atom stereocenters. The Kier molecular flexibility index (Phi) is 5.68. The molecule has 0 spiro atoms. The van der Waals surface area contributed by atoms with Gasteiger partial charge in [-0.3, -0.25) is 9.59 Å². The van der Waals surface area contributed by atoms with Crippen molar-refractivity contribution in [2.24, 2.45) is 0 Å². The van der Waals surface area contributed by atoms with Crippen molar-refractivity contribution in [1.82, 2.24) is 24.6 Å². The van der Waals surface area contributed by atoms with Gasteiger partial charge < -0.3 is 24.8 Å². The number of nitrogen functional groups attached to an aromatic ring is 1. The van der Waals surface area contributed by atoms with Gasteiger partial charge >= 0.3 is 5.97 Å². The number of carbonyl (C=O) groups excluding carboxylic acids is 2. The van der Waals surface area contributed by atoms with Gasteiger partial charge in [-0.1, -0.05) is 0 Å². The molecule has 11 heteroatoms. The van der Waals surface area contributed by atoms with Crippen LogP contribution in [0.2, 0.25) is 0 Å². The minimum Gasteiger partial charge on any atom is -0.493 e. The molecule has 1 aromatic carbocycles. The number of hydrogen-bond acceptors (Lipinski definition) is 9. The summed E-state index contributed by atoms with van der Waals surface area (Å²) in [5.41, 5.74) is 8.36. The number of fused-ring (bicyclic) bond motifs is 1. The summed E-state index contributed by atoms with van der Waals surface area (Å²) in [6, 6.07) is 5.59. The number of anilines is 1. The summed E-state index contributed by atoms with van der Waals surface area (Å²) in [5, 5.41) is 5.57. The monoisotopic (exact) mass is 466 g/mol. The summed E-state index contributed by atoms with van der Waals surface area (Å²) in [6.45, 7) is 1.09. The van der Waals surface area contributed by atoms with Crippen LogP contribution >= 0.6 is 0 Å². The van der Waals surface area contributed by atoms with Crippen LogP contribution in [0.3, 0.4) is 0 Å². The molecule has 2 aliphatic heterocycles. The van der Waals surface area contributed by atoms with Gasteiger partial charge in [-0.2, -0.15) is 5.10 Å². The molecule has 11 nitrogen and oxygen atoms in total. The van der Waals surface area contributed by atoms with Gasteiger partial charge in [-0.25, -0.2) is 14.6 Å². The highest BCUT2D eigenvalue weighted by atomic mass is 16.6. The Labute approximate surface area is 195 Å². The number of esters is 1. The molecular formula is C23H26N6O5. The largest absolute Gasteiger partial charge is 0.493 e. The molecule has 0 radical (unpaired) electrons. The average molecular weight is 466 g/mol. The number of cyclic esters (lactones) is 1. The molecular weight excluding hydrogens is 440 g/mol. The van der Waals surface area contributed by atoms with Crippen molar-refractivity contribution in [2.75, 3.05) is 33.0 Å². The number of nitrogens with two attached hydrogens (primary N) is 1. The lowest BCUT2D eigenvalue weighted by Crippen LogP contribution is -2.44. The fourth-order valence-electron chi connectivity index (χ4n) is 4.67. The van der Waals surface area contributed by atoms with Gasteiger partial charge in [-0.05, 0) is 31.0 Å². The third kappa shape index (κ3) is 3.76. The van der Waals surface area contributed by atoms with E-state index < -0.39 is 6.10 Å². The first-order valence-corrected chi connectivity index (χ1v) is 11.2. The molecule has 3 aromatic rings. The maximum absolute atomic E-state index is 12.7. The van der Waals surface area contributed by atoms with Gasteiger partial charge in [0.05, 0.1) is 25.6 Å². The molecule has 178 valence electrons. The molecule has 5 rings (SSSR count). The predicted octanol–water partition coefficient (Wildman–Crippen LogP) is 1.96. The van der Waals surface area contributed by atoms with Crippen molar-refractivity contribution in [3.05, 3.63) is 24.5 Å². The Bertz CT molecular complexity index is 1250. The second-order valence-corrected chi connectivity index (χ2v) is 8.39. The summed E-state index contributed by atoms with van der Waals surface area (Å²) in [4.78, 5) is 34.5. The number of hydrogen-bond donors (Lipinski definition) is 1.